The number of ether oxygens (including phenoxy) is 1. The molecule has 4 heteroatoms. The van der Waals surface area contributed by atoms with Crippen LogP contribution in [0.4, 0.5) is 4.39 Å². The zero-order chi connectivity index (χ0) is 13.7. The van der Waals surface area contributed by atoms with Crippen molar-refractivity contribution in [2.24, 2.45) is 0 Å². The second kappa shape index (κ2) is 5.91. The van der Waals surface area contributed by atoms with Crippen molar-refractivity contribution in [2.45, 2.75) is 0 Å². The monoisotopic (exact) mass is 257 g/mol. The van der Waals surface area contributed by atoms with Crippen LogP contribution in [0, 0.1) is 5.82 Å². The fourth-order valence-electron chi connectivity index (χ4n) is 1.53. The average molecular weight is 257 g/mol. The van der Waals surface area contributed by atoms with Crippen molar-refractivity contribution in [3.05, 3.63) is 65.6 Å². The number of nitrogens with zero attached hydrogens (tertiary/aromatic N) is 1. The third-order valence-corrected chi connectivity index (χ3v) is 2.53. The number of aromatic nitrogens is 1. The first kappa shape index (κ1) is 13.0. The van der Waals surface area contributed by atoms with E-state index in [4.69, 9.17) is 4.74 Å². The molecule has 0 unspecified atom stereocenters. The summed E-state index contributed by atoms with van der Waals surface area (Å²) in [4.78, 5) is 15.8. The van der Waals surface area contributed by atoms with Crippen molar-refractivity contribution in [3.8, 4) is 5.88 Å². The van der Waals surface area contributed by atoms with Crippen LogP contribution < -0.4 is 4.74 Å². The predicted octanol–water partition coefficient (Wildman–Crippen LogP) is 3.13. The topological polar surface area (TPSA) is 39.2 Å². The molecule has 19 heavy (non-hydrogen) atoms. The SMILES string of the molecule is COc1ccc(C=CC(=O)c2ccccc2F)cn1. The minimum atomic E-state index is -0.523. The fraction of sp³-hybridized carbons (Fsp3) is 0.0667. The van der Waals surface area contributed by atoms with Gasteiger partial charge in [-0.25, -0.2) is 9.37 Å². The van der Waals surface area contributed by atoms with Gasteiger partial charge in [0.05, 0.1) is 12.7 Å². The third kappa shape index (κ3) is 3.25. The zero-order valence-electron chi connectivity index (χ0n) is 10.3. The lowest BCUT2D eigenvalue weighted by molar-refractivity contribution is 0.104. The number of pyridine rings is 1. The van der Waals surface area contributed by atoms with Gasteiger partial charge in [-0.2, -0.15) is 0 Å². The van der Waals surface area contributed by atoms with E-state index in [-0.39, 0.29) is 11.3 Å². The molecule has 1 aromatic carbocycles. The molecule has 2 rings (SSSR count). The number of halogens is 1. The van der Waals surface area contributed by atoms with Crippen molar-refractivity contribution in [1.29, 1.82) is 0 Å². The minimum absolute atomic E-state index is 0.0558. The largest absolute Gasteiger partial charge is 0.481 e. The number of ketones is 1. The molecular formula is C15H12FNO2. The van der Waals surface area contributed by atoms with E-state index < -0.39 is 5.82 Å². The number of methoxy groups -OCH3 is 1. The van der Waals surface area contributed by atoms with Gasteiger partial charge in [-0.05, 0) is 35.9 Å². The molecule has 0 aliphatic heterocycles. The Morgan fingerprint density at radius 2 is 2.05 bits per heavy atom. The van der Waals surface area contributed by atoms with Crippen molar-refractivity contribution in [2.75, 3.05) is 7.11 Å². The Kier molecular flexibility index (Phi) is 4.03. The number of hydrogen-bond acceptors (Lipinski definition) is 3. The van der Waals surface area contributed by atoms with E-state index in [1.54, 1.807) is 36.5 Å². The van der Waals surface area contributed by atoms with E-state index in [1.807, 2.05) is 0 Å². The van der Waals surface area contributed by atoms with Gasteiger partial charge in [-0.1, -0.05) is 12.1 Å². The number of rotatable bonds is 4. The summed E-state index contributed by atoms with van der Waals surface area (Å²) in [7, 11) is 1.53. The van der Waals surface area contributed by atoms with E-state index in [1.165, 1.54) is 25.3 Å². The summed E-state index contributed by atoms with van der Waals surface area (Å²) < 4.78 is 18.3. The van der Waals surface area contributed by atoms with Crippen molar-refractivity contribution in [3.63, 3.8) is 0 Å². The summed E-state index contributed by atoms with van der Waals surface area (Å²) in [5.41, 5.74) is 0.797. The van der Waals surface area contributed by atoms with E-state index in [0.29, 0.717) is 5.88 Å². The standard InChI is InChI=1S/C15H12FNO2/c1-19-15-9-7-11(10-17-15)6-8-14(18)12-4-2-3-5-13(12)16/h2-10H,1H3. The lowest BCUT2D eigenvalue weighted by Gasteiger charge is -1.99. The molecule has 0 bridgehead atoms. The minimum Gasteiger partial charge on any atom is -0.481 e. The summed E-state index contributed by atoms with van der Waals surface area (Å²) in [6, 6.07) is 9.33. The van der Waals surface area contributed by atoms with Crippen molar-refractivity contribution < 1.29 is 13.9 Å². The summed E-state index contributed by atoms with van der Waals surface area (Å²) in [5.74, 6) is -0.406. The number of hydrogen-bond donors (Lipinski definition) is 0. The Morgan fingerprint density at radius 1 is 1.26 bits per heavy atom. The summed E-state index contributed by atoms with van der Waals surface area (Å²) in [6.07, 6.45) is 4.48. The van der Waals surface area contributed by atoms with Crippen molar-refractivity contribution in [1.82, 2.24) is 4.98 Å². The Labute approximate surface area is 110 Å². The number of benzene rings is 1. The van der Waals surface area contributed by atoms with Crippen LogP contribution in [0.1, 0.15) is 15.9 Å². The zero-order valence-corrected chi connectivity index (χ0v) is 10.3. The van der Waals surface area contributed by atoms with Crippen LogP contribution in [0.3, 0.4) is 0 Å². The molecule has 0 saturated heterocycles. The molecule has 0 atom stereocenters. The maximum absolute atomic E-state index is 13.4. The van der Waals surface area contributed by atoms with Crippen LogP contribution in [0.5, 0.6) is 5.88 Å². The second-order valence-corrected chi connectivity index (χ2v) is 3.81. The Hall–Kier alpha value is -2.49. The molecule has 3 nitrogen and oxygen atoms in total. The summed E-state index contributed by atoms with van der Waals surface area (Å²) >= 11 is 0. The van der Waals surface area contributed by atoms with Gasteiger partial charge in [0.25, 0.3) is 0 Å². The molecule has 0 aliphatic rings. The van der Waals surface area contributed by atoms with Crippen LogP contribution in [0.25, 0.3) is 6.08 Å². The van der Waals surface area contributed by atoms with Gasteiger partial charge in [-0.3, -0.25) is 4.79 Å². The first-order valence-corrected chi connectivity index (χ1v) is 5.67. The van der Waals surface area contributed by atoms with Crippen LogP contribution in [-0.4, -0.2) is 17.9 Å². The summed E-state index contributed by atoms with van der Waals surface area (Å²) in [6.45, 7) is 0. The van der Waals surface area contributed by atoms with Crippen LogP contribution >= 0.6 is 0 Å². The molecule has 2 aromatic rings. The van der Waals surface area contributed by atoms with Gasteiger partial charge in [0, 0.05) is 12.3 Å². The number of carbonyl (C=O) groups is 1. The molecule has 0 radical (unpaired) electrons. The smallest absolute Gasteiger partial charge is 0.212 e. The third-order valence-electron chi connectivity index (χ3n) is 2.53. The predicted molar refractivity (Wildman–Crippen MR) is 70.6 cm³/mol. The highest BCUT2D eigenvalue weighted by Crippen LogP contribution is 2.11. The van der Waals surface area contributed by atoms with Gasteiger partial charge in [0.1, 0.15) is 5.82 Å². The number of carbonyl (C=O) groups excluding carboxylic acids is 1. The van der Waals surface area contributed by atoms with Gasteiger partial charge in [-0.15, -0.1) is 0 Å². The highest BCUT2D eigenvalue weighted by Gasteiger charge is 2.06. The van der Waals surface area contributed by atoms with E-state index >= 15 is 0 Å². The first-order chi connectivity index (χ1) is 9.20. The highest BCUT2D eigenvalue weighted by atomic mass is 19.1. The molecule has 0 saturated carbocycles. The van der Waals surface area contributed by atoms with E-state index in [9.17, 15) is 9.18 Å². The van der Waals surface area contributed by atoms with Gasteiger partial charge < -0.3 is 4.74 Å². The van der Waals surface area contributed by atoms with E-state index in [2.05, 4.69) is 4.98 Å². The molecule has 0 spiro atoms. The van der Waals surface area contributed by atoms with Crippen molar-refractivity contribution >= 4 is 11.9 Å². The first-order valence-electron chi connectivity index (χ1n) is 5.67. The highest BCUT2D eigenvalue weighted by molar-refractivity contribution is 6.06. The molecule has 1 aromatic heterocycles. The van der Waals surface area contributed by atoms with Crippen LogP contribution in [0.2, 0.25) is 0 Å². The Morgan fingerprint density at radius 3 is 2.68 bits per heavy atom. The molecule has 96 valence electrons. The molecule has 0 amide bonds. The normalized spacial score (nSPS) is 10.6. The molecule has 0 fully saturated rings. The Balaban J connectivity index is 2.14. The van der Waals surface area contributed by atoms with Gasteiger partial charge >= 0.3 is 0 Å². The quantitative estimate of drug-likeness (QED) is 0.624. The van der Waals surface area contributed by atoms with Gasteiger partial charge in [0.2, 0.25) is 5.88 Å². The average Bonchev–Trinajstić information content (AvgIpc) is 2.46. The molecule has 1 heterocycles. The lowest BCUT2D eigenvalue weighted by atomic mass is 10.1. The lowest BCUT2D eigenvalue weighted by Crippen LogP contribution is -1.97. The maximum Gasteiger partial charge on any atom is 0.212 e. The number of allylic oxidation sites excluding steroid dienone is 1. The molecular weight excluding hydrogens is 245 g/mol. The maximum atomic E-state index is 13.4. The second-order valence-electron chi connectivity index (χ2n) is 3.81. The Bertz CT molecular complexity index is 606. The summed E-state index contributed by atoms with van der Waals surface area (Å²) in [5, 5.41) is 0. The fourth-order valence-corrected chi connectivity index (χ4v) is 1.53. The molecule has 0 aliphatic carbocycles. The van der Waals surface area contributed by atoms with Gasteiger partial charge in [0.15, 0.2) is 5.78 Å². The van der Waals surface area contributed by atoms with Crippen LogP contribution in [-0.2, 0) is 0 Å². The van der Waals surface area contributed by atoms with Crippen LogP contribution in [0.15, 0.2) is 48.7 Å². The van der Waals surface area contributed by atoms with E-state index in [0.717, 1.165) is 5.56 Å². The molecule has 0 N–H and O–H groups in total.